The number of anilines is 1. The SMILES string of the molecule is O=C1CCC(CN2CCCN(c3ccccc3)CC2)O1. The number of hydrogen-bond donors (Lipinski definition) is 0. The molecule has 4 heteroatoms. The predicted octanol–water partition coefficient (Wildman–Crippen LogP) is 1.90. The van der Waals surface area contributed by atoms with E-state index < -0.39 is 0 Å². The van der Waals surface area contributed by atoms with Crippen LogP contribution in [-0.4, -0.2) is 49.7 Å². The molecule has 2 fully saturated rings. The van der Waals surface area contributed by atoms with E-state index in [2.05, 4.69) is 40.1 Å². The summed E-state index contributed by atoms with van der Waals surface area (Å²) >= 11 is 0. The first-order chi connectivity index (χ1) is 9.81. The van der Waals surface area contributed by atoms with Crippen molar-refractivity contribution in [2.45, 2.75) is 25.4 Å². The van der Waals surface area contributed by atoms with Crippen LogP contribution < -0.4 is 4.90 Å². The summed E-state index contributed by atoms with van der Waals surface area (Å²) in [5.41, 5.74) is 1.31. The van der Waals surface area contributed by atoms with Gasteiger partial charge in [0.15, 0.2) is 0 Å². The van der Waals surface area contributed by atoms with Gasteiger partial charge in [-0.1, -0.05) is 18.2 Å². The number of para-hydroxylation sites is 1. The van der Waals surface area contributed by atoms with E-state index in [1.807, 2.05) is 0 Å². The van der Waals surface area contributed by atoms with Gasteiger partial charge in [0, 0.05) is 44.8 Å². The Hall–Kier alpha value is -1.55. The van der Waals surface area contributed by atoms with Crippen LogP contribution in [0.15, 0.2) is 30.3 Å². The Bertz CT molecular complexity index is 449. The number of carbonyl (C=O) groups excluding carboxylic acids is 1. The van der Waals surface area contributed by atoms with Crippen molar-refractivity contribution >= 4 is 11.7 Å². The molecule has 1 aromatic carbocycles. The molecule has 0 saturated carbocycles. The zero-order chi connectivity index (χ0) is 13.8. The van der Waals surface area contributed by atoms with E-state index in [0.717, 1.165) is 45.6 Å². The third-order valence-electron chi connectivity index (χ3n) is 4.14. The van der Waals surface area contributed by atoms with E-state index in [4.69, 9.17) is 4.74 Å². The Morgan fingerprint density at radius 3 is 2.70 bits per heavy atom. The molecule has 2 saturated heterocycles. The van der Waals surface area contributed by atoms with Crippen LogP contribution in [0.3, 0.4) is 0 Å². The minimum absolute atomic E-state index is 0.0317. The summed E-state index contributed by atoms with van der Waals surface area (Å²) in [6, 6.07) is 10.6. The maximum Gasteiger partial charge on any atom is 0.306 e. The molecule has 0 spiro atoms. The van der Waals surface area contributed by atoms with Crippen LogP contribution in [0.2, 0.25) is 0 Å². The molecule has 2 heterocycles. The van der Waals surface area contributed by atoms with E-state index in [1.165, 1.54) is 5.69 Å². The van der Waals surface area contributed by atoms with Gasteiger partial charge in [-0.25, -0.2) is 0 Å². The summed E-state index contributed by atoms with van der Waals surface area (Å²) in [4.78, 5) is 16.0. The van der Waals surface area contributed by atoms with Gasteiger partial charge < -0.3 is 9.64 Å². The number of rotatable bonds is 3. The van der Waals surface area contributed by atoms with Gasteiger partial charge >= 0.3 is 5.97 Å². The fourth-order valence-corrected chi connectivity index (χ4v) is 3.05. The highest BCUT2D eigenvalue weighted by Crippen LogP contribution is 2.18. The highest BCUT2D eigenvalue weighted by Gasteiger charge is 2.26. The second-order valence-corrected chi connectivity index (χ2v) is 5.63. The number of ether oxygens (including phenoxy) is 1. The normalized spacial score (nSPS) is 24.5. The van der Waals surface area contributed by atoms with Crippen molar-refractivity contribution in [1.82, 2.24) is 4.90 Å². The molecular formula is C16H22N2O2. The Labute approximate surface area is 120 Å². The van der Waals surface area contributed by atoms with E-state index >= 15 is 0 Å². The third kappa shape index (κ3) is 3.31. The summed E-state index contributed by atoms with van der Waals surface area (Å²) in [5, 5.41) is 0. The van der Waals surface area contributed by atoms with Gasteiger partial charge in [0.1, 0.15) is 6.10 Å². The lowest BCUT2D eigenvalue weighted by Gasteiger charge is -2.24. The van der Waals surface area contributed by atoms with Crippen molar-refractivity contribution in [1.29, 1.82) is 0 Å². The number of benzene rings is 1. The first kappa shape index (κ1) is 13.4. The van der Waals surface area contributed by atoms with Crippen molar-refractivity contribution in [2.75, 3.05) is 37.6 Å². The number of esters is 1. The topological polar surface area (TPSA) is 32.8 Å². The van der Waals surface area contributed by atoms with Crippen molar-refractivity contribution in [2.24, 2.45) is 0 Å². The van der Waals surface area contributed by atoms with Crippen molar-refractivity contribution in [3.05, 3.63) is 30.3 Å². The Balaban J connectivity index is 1.53. The molecular weight excluding hydrogens is 252 g/mol. The molecule has 0 bridgehead atoms. The summed E-state index contributed by atoms with van der Waals surface area (Å²) in [5.74, 6) is -0.0317. The number of nitrogens with zero attached hydrogens (tertiary/aromatic N) is 2. The van der Waals surface area contributed by atoms with Gasteiger partial charge in [0.25, 0.3) is 0 Å². The van der Waals surface area contributed by atoms with Crippen molar-refractivity contribution in [3.8, 4) is 0 Å². The highest BCUT2D eigenvalue weighted by molar-refractivity contribution is 5.71. The molecule has 20 heavy (non-hydrogen) atoms. The second kappa shape index (κ2) is 6.27. The van der Waals surface area contributed by atoms with Crippen LogP contribution >= 0.6 is 0 Å². The van der Waals surface area contributed by atoms with E-state index in [1.54, 1.807) is 0 Å². The van der Waals surface area contributed by atoms with Gasteiger partial charge in [0.05, 0.1) is 0 Å². The summed E-state index contributed by atoms with van der Waals surface area (Å²) < 4.78 is 5.32. The van der Waals surface area contributed by atoms with Gasteiger partial charge in [-0.3, -0.25) is 9.69 Å². The van der Waals surface area contributed by atoms with E-state index in [0.29, 0.717) is 6.42 Å². The first-order valence-corrected chi connectivity index (χ1v) is 7.53. The number of hydrogen-bond acceptors (Lipinski definition) is 4. The summed E-state index contributed by atoms with van der Waals surface area (Å²) in [6.45, 7) is 5.18. The summed E-state index contributed by atoms with van der Waals surface area (Å²) in [7, 11) is 0. The molecule has 4 nitrogen and oxygen atoms in total. The molecule has 0 radical (unpaired) electrons. The quantitative estimate of drug-likeness (QED) is 0.788. The van der Waals surface area contributed by atoms with Gasteiger partial charge in [-0.15, -0.1) is 0 Å². The molecule has 2 aliphatic heterocycles. The van der Waals surface area contributed by atoms with Gasteiger partial charge in [-0.05, 0) is 25.0 Å². The molecule has 108 valence electrons. The standard InChI is InChI=1S/C16H22N2O2/c19-16-8-7-15(20-16)13-17-9-4-10-18(12-11-17)14-5-2-1-3-6-14/h1-3,5-6,15H,4,7-13H2. The van der Waals surface area contributed by atoms with Crippen molar-refractivity contribution in [3.63, 3.8) is 0 Å². The molecule has 0 aromatic heterocycles. The van der Waals surface area contributed by atoms with Crippen LogP contribution in [-0.2, 0) is 9.53 Å². The van der Waals surface area contributed by atoms with E-state index in [-0.39, 0.29) is 12.1 Å². The van der Waals surface area contributed by atoms with E-state index in [9.17, 15) is 4.79 Å². The molecule has 0 aliphatic carbocycles. The smallest absolute Gasteiger partial charge is 0.306 e. The number of cyclic esters (lactones) is 1. The van der Waals surface area contributed by atoms with Crippen LogP contribution in [0, 0.1) is 0 Å². The van der Waals surface area contributed by atoms with Gasteiger partial charge in [-0.2, -0.15) is 0 Å². The molecule has 0 N–H and O–H groups in total. The third-order valence-corrected chi connectivity index (χ3v) is 4.14. The minimum Gasteiger partial charge on any atom is -0.461 e. The second-order valence-electron chi connectivity index (χ2n) is 5.63. The average Bonchev–Trinajstić information content (AvgIpc) is 2.74. The molecule has 1 aromatic rings. The Morgan fingerprint density at radius 1 is 1.10 bits per heavy atom. The van der Waals surface area contributed by atoms with Crippen LogP contribution in [0.5, 0.6) is 0 Å². The monoisotopic (exact) mass is 274 g/mol. The lowest BCUT2D eigenvalue weighted by molar-refractivity contribution is -0.141. The first-order valence-electron chi connectivity index (χ1n) is 7.53. The molecule has 2 aliphatic rings. The lowest BCUT2D eigenvalue weighted by atomic mass is 10.2. The molecule has 0 amide bonds. The zero-order valence-corrected chi connectivity index (χ0v) is 11.8. The van der Waals surface area contributed by atoms with Crippen molar-refractivity contribution < 1.29 is 9.53 Å². The lowest BCUT2D eigenvalue weighted by Crippen LogP contribution is -2.35. The fraction of sp³-hybridized carbons (Fsp3) is 0.562. The van der Waals surface area contributed by atoms with Crippen LogP contribution in [0.25, 0.3) is 0 Å². The number of carbonyl (C=O) groups is 1. The largest absolute Gasteiger partial charge is 0.461 e. The average molecular weight is 274 g/mol. The van der Waals surface area contributed by atoms with Crippen LogP contribution in [0.1, 0.15) is 19.3 Å². The Morgan fingerprint density at radius 2 is 1.95 bits per heavy atom. The maximum absolute atomic E-state index is 11.2. The van der Waals surface area contributed by atoms with Gasteiger partial charge in [0.2, 0.25) is 0 Å². The highest BCUT2D eigenvalue weighted by atomic mass is 16.5. The minimum atomic E-state index is -0.0317. The van der Waals surface area contributed by atoms with Crippen LogP contribution in [0.4, 0.5) is 5.69 Å². The molecule has 3 rings (SSSR count). The fourth-order valence-electron chi connectivity index (χ4n) is 3.05. The Kier molecular flexibility index (Phi) is 4.21. The predicted molar refractivity (Wildman–Crippen MR) is 78.8 cm³/mol. The summed E-state index contributed by atoms with van der Waals surface area (Å²) in [6.07, 6.45) is 2.76. The molecule has 1 atom stereocenters. The zero-order valence-electron chi connectivity index (χ0n) is 11.8. The molecule has 1 unspecified atom stereocenters. The maximum atomic E-state index is 11.2.